The summed E-state index contributed by atoms with van der Waals surface area (Å²) in [6.07, 6.45) is 3.08. The molecule has 1 saturated carbocycles. The Hall–Kier alpha value is -2.64. The van der Waals surface area contributed by atoms with Gasteiger partial charge in [-0.25, -0.2) is 0 Å². The van der Waals surface area contributed by atoms with Crippen molar-refractivity contribution in [2.75, 3.05) is 14.2 Å². The SMILES string of the molecule is CCCC1CCC(N(C)C(=O)c2[nH]ccc(=O)c2OC)C(O)C1(O)c1ccccc1. The van der Waals surface area contributed by atoms with Crippen LogP contribution in [0.5, 0.6) is 5.75 Å². The van der Waals surface area contributed by atoms with E-state index in [-0.39, 0.29) is 17.4 Å². The van der Waals surface area contributed by atoms with Gasteiger partial charge in [0.1, 0.15) is 11.7 Å². The fraction of sp³-hybridized carbons (Fsp3) is 0.478. The topological polar surface area (TPSA) is 103 Å². The zero-order valence-corrected chi connectivity index (χ0v) is 17.7. The fourth-order valence-electron chi connectivity index (χ4n) is 4.67. The normalized spacial score (nSPS) is 26.2. The van der Waals surface area contributed by atoms with Gasteiger partial charge in [0.15, 0.2) is 11.4 Å². The molecule has 4 atom stereocenters. The first-order valence-corrected chi connectivity index (χ1v) is 10.3. The number of carbonyl (C=O) groups is 1. The predicted molar refractivity (Wildman–Crippen MR) is 113 cm³/mol. The molecule has 1 heterocycles. The first kappa shape index (κ1) is 22.1. The van der Waals surface area contributed by atoms with Crippen LogP contribution in [0.4, 0.5) is 0 Å². The van der Waals surface area contributed by atoms with Crippen LogP contribution in [-0.4, -0.2) is 52.3 Å². The predicted octanol–water partition coefficient (Wildman–Crippen LogP) is 2.28. The van der Waals surface area contributed by atoms with Gasteiger partial charge in [-0.2, -0.15) is 0 Å². The van der Waals surface area contributed by atoms with Crippen molar-refractivity contribution >= 4 is 5.91 Å². The number of aliphatic hydroxyl groups excluding tert-OH is 1. The minimum absolute atomic E-state index is 0.0265. The molecule has 2 aromatic rings. The summed E-state index contributed by atoms with van der Waals surface area (Å²) < 4.78 is 5.12. The molecular formula is C23H30N2O5. The van der Waals surface area contributed by atoms with Crippen LogP contribution in [0.15, 0.2) is 47.4 Å². The molecule has 0 aliphatic heterocycles. The Balaban J connectivity index is 1.96. The Labute approximate surface area is 176 Å². The number of amides is 1. The molecule has 0 saturated heterocycles. The molecule has 1 aromatic heterocycles. The highest BCUT2D eigenvalue weighted by molar-refractivity contribution is 5.95. The number of ether oxygens (including phenoxy) is 1. The highest BCUT2D eigenvalue weighted by atomic mass is 16.5. The molecule has 162 valence electrons. The lowest BCUT2D eigenvalue weighted by Gasteiger charge is -2.49. The summed E-state index contributed by atoms with van der Waals surface area (Å²) >= 11 is 0. The summed E-state index contributed by atoms with van der Waals surface area (Å²) in [7, 11) is 2.91. The van der Waals surface area contributed by atoms with Crippen molar-refractivity contribution in [3.8, 4) is 5.75 Å². The third-order valence-electron chi connectivity index (χ3n) is 6.27. The summed E-state index contributed by atoms with van der Waals surface area (Å²) in [5.74, 6) is -0.662. The van der Waals surface area contributed by atoms with Gasteiger partial charge in [0.2, 0.25) is 5.43 Å². The molecule has 0 spiro atoms. The van der Waals surface area contributed by atoms with Gasteiger partial charge in [0, 0.05) is 19.3 Å². The van der Waals surface area contributed by atoms with Gasteiger partial charge in [-0.3, -0.25) is 9.59 Å². The van der Waals surface area contributed by atoms with Crippen molar-refractivity contribution in [3.63, 3.8) is 0 Å². The van der Waals surface area contributed by atoms with Crippen molar-refractivity contribution in [1.29, 1.82) is 0 Å². The number of hydrogen-bond acceptors (Lipinski definition) is 5. The lowest BCUT2D eigenvalue weighted by atomic mass is 9.66. The van der Waals surface area contributed by atoms with E-state index < -0.39 is 29.1 Å². The number of rotatable bonds is 6. The Bertz CT molecular complexity index is 929. The average Bonchev–Trinajstić information content (AvgIpc) is 2.76. The van der Waals surface area contributed by atoms with Crippen molar-refractivity contribution in [2.24, 2.45) is 5.92 Å². The maximum Gasteiger partial charge on any atom is 0.274 e. The molecule has 4 unspecified atom stereocenters. The van der Waals surface area contributed by atoms with Gasteiger partial charge in [-0.1, -0.05) is 43.7 Å². The molecule has 30 heavy (non-hydrogen) atoms. The average molecular weight is 415 g/mol. The van der Waals surface area contributed by atoms with Crippen LogP contribution in [-0.2, 0) is 5.60 Å². The number of likely N-dealkylation sites (N-methyl/N-ethyl adjacent to an activating group) is 1. The lowest BCUT2D eigenvalue weighted by molar-refractivity contribution is -0.168. The molecule has 7 heteroatoms. The quantitative estimate of drug-likeness (QED) is 0.673. The number of aromatic nitrogens is 1. The molecule has 1 fully saturated rings. The zero-order valence-electron chi connectivity index (χ0n) is 17.7. The van der Waals surface area contributed by atoms with Gasteiger partial charge in [0.25, 0.3) is 5.91 Å². The second kappa shape index (κ2) is 9.02. The van der Waals surface area contributed by atoms with E-state index in [1.54, 1.807) is 7.05 Å². The molecular weight excluding hydrogens is 384 g/mol. The third-order valence-corrected chi connectivity index (χ3v) is 6.27. The minimum Gasteiger partial charge on any atom is -0.491 e. The Kier molecular flexibility index (Phi) is 6.63. The fourth-order valence-corrected chi connectivity index (χ4v) is 4.67. The summed E-state index contributed by atoms with van der Waals surface area (Å²) in [4.78, 5) is 29.4. The molecule has 7 nitrogen and oxygen atoms in total. The monoisotopic (exact) mass is 414 g/mol. The molecule has 3 rings (SSSR count). The summed E-state index contributed by atoms with van der Waals surface area (Å²) in [5.41, 5.74) is -1.20. The summed E-state index contributed by atoms with van der Waals surface area (Å²) in [5, 5.41) is 23.1. The molecule has 1 aliphatic carbocycles. The van der Waals surface area contributed by atoms with Crippen LogP contribution in [0.1, 0.15) is 48.7 Å². The van der Waals surface area contributed by atoms with Crippen molar-refractivity contribution in [1.82, 2.24) is 9.88 Å². The van der Waals surface area contributed by atoms with Crippen LogP contribution < -0.4 is 10.2 Å². The van der Waals surface area contributed by atoms with Crippen LogP contribution in [0.2, 0.25) is 0 Å². The van der Waals surface area contributed by atoms with E-state index in [2.05, 4.69) is 11.9 Å². The Morgan fingerprint density at radius 3 is 2.60 bits per heavy atom. The summed E-state index contributed by atoms with van der Waals surface area (Å²) in [6.45, 7) is 2.05. The van der Waals surface area contributed by atoms with E-state index in [9.17, 15) is 19.8 Å². The van der Waals surface area contributed by atoms with E-state index in [1.807, 2.05) is 30.3 Å². The molecule has 1 amide bonds. The van der Waals surface area contributed by atoms with Gasteiger partial charge < -0.3 is 24.8 Å². The van der Waals surface area contributed by atoms with Crippen molar-refractivity contribution < 1.29 is 19.7 Å². The number of pyridine rings is 1. The number of methoxy groups -OCH3 is 1. The van der Waals surface area contributed by atoms with E-state index in [0.29, 0.717) is 18.4 Å². The maximum absolute atomic E-state index is 13.2. The van der Waals surface area contributed by atoms with Crippen LogP contribution >= 0.6 is 0 Å². The Morgan fingerprint density at radius 1 is 1.27 bits per heavy atom. The number of H-pyrrole nitrogens is 1. The second-order valence-corrected chi connectivity index (χ2v) is 7.93. The molecule has 0 radical (unpaired) electrons. The number of aromatic amines is 1. The molecule has 0 bridgehead atoms. The van der Waals surface area contributed by atoms with Crippen LogP contribution in [0.25, 0.3) is 0 Å². The number of hydrogen-bond donors (Lipinski definition) is 3. The molecule has 1 aromatic carbocycles. The van der Waals surface area contributed by atoms with E-state index in [0.717, 1.165) is 12.8 Å². The summed E-state index contributed by atoms with van der Waals surface area (Å²) in [6, 6.07) is 9.82. The van der Waals surface area contributed by atoms with Crippen molar-refractivity contribution in [2.45, 2.75) is 50.4 Å². The first-order valence-electron chi connectivity index (χ1n) is 10.3. The number of aliphatic hydroxyl groups is 2. The second-order valence-electron chi connectivity index (χ2n) is 7.93. The minimum atomic E-state index is -1.47. The van der Waals surface area contributed by atoms with Crippen LogP contribution in [0, 0.1) is 5.92 Å². The maximum atomic E-state index is 13.2. The number of benzene rings is 1. The van der Waals surface area contributed by atoms with E-state index >= 15 is 0 Å². The Morgan fingerprint density at radius 2 is 1.97 bits per heavy atom. The third kappa shape index (κ3) is 3.75. The zero-order chi connectivity index (χ0) is 21.9. The highest BCUT2D eigenvalue weighted by Crippen LogP contribution is 2.45. The smallest absolute Gasteiger partial charge is 0.274 e. The van der Waals surface area contributed by atoms with E-state index in [4.69, 9.17) is 4.74 Å². The van der Waals surface area contributed by atoms with Crippen molar-refractivity contribution in [3.05, 3.63) is 64.1 Å². The van der Waals surface area contributed by atoms with Gasteiger partial charge in [-0.05, 0) is 30.7 Å². The number of nitrogens with zero attached hydrogens (tertiary/aromatic N) is 1. The first-order chi connectivity index (χ1) is 14.4. The van der Waals surface area contributed by atoms with Gasteiger partial charge in [0.05, 0.1) is 13.2 Å². The molecule has 3 N–H and O–H groups in total. The van der Waals surface area contributed by atoms with Crippen LogP contribution in [0.3, 0.4) is 0 Å². The van der Waals surface area contributed by atoms with Gasteiger partial charge in [-0.15, -0.1) is 0 Å². The van der Waals surface area contributed by atoms with Gasteiger partial charge >= 0.3 is 0 Å². The highest BCUT2D eigenvalue weighted by Gasteiger charge is 2.52. The number of carbonyl (C=O) groups excluding carboxylic acids is 1. The lowest BCUT2D eigenvalue weighted by Crippen LogP contribution is -2.60. The largest absolute Gasteiger partial charge is 0.491 e. The molecule has 1 aliphatic rings. The van der Waals surface area contributed by atoms with E-state index in [1.165, 1.54) is 24.3 Å². The standard InChI is InChI=1S/C23H30N2O5/c1-4-8-15-11-12-17(21(27)23(15,29)16-9-6-5-7-10-16)25(2)22(28)19-20(30-3)18(26)13-14-24-19/h5-7,9-10,13-15,17,21,27,29H,4,8,11-12H2,1-3H3,(H,24,26). The number of nitrogens with one attached hydrogen (secondary N) is 1.